The van der Waals surface area contributed by atoms with Crippen molar-refractivity contribution in [3.05, 3.63) is 100 Å². The minimum Gasteiger partial charge on any atom is -0.497 e. The van der Waals surface area contributed by atoms with Crippen LogP contribution in [0.5, 0.6) is 5.75 Å². The standard InChI is InChI=1S/C28H27N3O4/c1-34-22-12-7-9-20(17-22)18-30(19-23-13-8-16-35-23)28(33)26-24-14-5-6-15-25(24)27(32)31(29-26)21-10-3-2-4-11-21/h2-7,9-12,14-15,17,23H,8,13,16,18-19H2,1H3. The first-order chi connectivity index (χ1) is 17.1. The van der Waals surface area contributed by atoms with Crippen LogP contribution in [0.25, 0.3) is 16.5 Å². The van der Waals surface area contributed by atoms with E-state index in [1.165, 1.54) is 4.68 Å². The number of para-hydroxylation sites is 1. The third-order valence-corrected chi connectivity index (χ3v) is 6.25. The molecule has 4 aromatic rings. The summed E-state index contributed by atoms with van der Waals surface area (Å²) in [7, 11) is 1.62. The highest BCUT2D eigenvalue weighted by atomic mass is 16.5. The van der Waals surface area contributed by atoms with Gasteiger partial charge in [-0.3, -0.25) is 9.59 Å². The number of rotatable bonds is 7. The fraction of sp³-hybridized carbons (Fsp3) is 0.250. The van der Waals surface area contributed by atoms with Gasteiger partial charge in [0.1, 0.15) is 5.75 Å². The number of benzene rings is 3. The van der Waals surface area contributed by atoms with Gasteiger partial charge in [-0.15, -0.1) is 0 Å². The van der Waals surface area contributed by atoms with Crippen molar-refractivity contribution in [1.29, 1.82) is 0 Å². The molecular formula is C28H27N3O4. The molecule has 2 heterocycles. The smallest absolute Gasteiger partial charge is 0.279 e. The Hall–Kier alpha value is -3.97. The SMILES string of the molecule is COc1cccc(CN(CC2CCCO2)C(=O)c2nn(-c3ccccc3)c(=O)c3ccccc23)c1. The van der Waals surface area contributed by atoms with E-state index in [2.05, 4.69) is 5.10 Å². The van der Waals surface area contributed by atoms with Gasteiger partial charge in [-0.1, -0.05) is 48.5 Å². The molecule has 0 N–H and O–H groups in total. The van der Waals surface area contributed by atoms with Crippen LogP contribution >= 0.6 is 0 Å². The van der Waals surface area contributed by atoms with E-state index in [1.807, 2.05) is 48.5 Å². The molecule has 3 aromatic carbocycles. The molecule has 1 aromatic heterocycles. The maximum Gasteiger partial charge on any atom is 0.279 e. The van der Waals surface area contributed by atoms with Gasteiger partial charge in [0.05, 0.1) is 24.3 Å². The summed E-state index contributed by atoms with van der Waals surface area (Å²) in [5, 5.41) is 5.58. The summed E-state index contributed by atoms with van der Waals surface area (Å²) in [6.45, 7) is 1.51. The predicted molar refractivity (Wildman–Crippen MR) is 134 cm³/mol. The molecule has 0 radical (unpaired) electrons. The lowest BCUT2D eigenvalue weighted by Crippen LogP contribution is -2.38. The van der Waals surface area contributed by atoms with E-state index in [0.29, 0.717) is 36.2 Å². The lowest BCUT2D eigenvalue weighted by atomic mass is 10.1. The Bertz CT molecular complexity index is 1390. The summed E-state index contributed by atoms with van der Waals surface area (Å²) in [5.41, 5.74) is 1.53. The van der Waals surface area contributed by atoms with E-state index in [1.54, 1.807) is 42.3 Å². The molecule has 1 atom stereocenters. The molecule has 0 bridgehead atoms. The number of amides is 1. The number of hydrogen-bond acceptors (Lipinski definition) is 5. The Morgan fingerprint density at radius 2 is 1.83 bits per heavy atom. The van der Waals surface area contributed by atoms with Crippen molar-refractivity contribution in [2.45, 2.75) is 25.5 Å². The molecular weight excluding hydrogens is 442 g/mol. The van der Waals surface area contributed by atoms with Gasteiger partial charge in [-0.25, -0.2) is 0 Å². The Kier molecular flexibility index (Phi) is 6.59. The summed E-state index contributed by atoms with van der Waals surface area (Å²) in [6, 6.07) is 24.0. The molecule has 0 saturated carbocycles. The molecule has 0 aliphatic carbocycles. The number of carbonyl (C=O) groups is 1. The number of aromatic nitrogens is 2. The van der Waals surface area contributed by atoms with Crippen molar-refractivity contribution in [1.82, 2.24) is 14.7 Å². The first-order valence-electron chi connectivity index (χ1n) is 11.8. The number of ether oxygens (including phenoxy) is 2. The van der Waals surface area contributed by atoms with E-state index in [-0.39, 0.29) is 23.3 Å². The number of carbonyl (C=O) groups excluding carboxylic acids is 1. The summed E-state index contributed by atoms with van der Waals surface area (Å²) < 4.78 is 12.5. The van der Waals surface area contributed by atoms with Gasteiger partial charge in [-0.05, 0) is 48.7 Å². The molecule has 1 fully saturated rings. The topological polar surface area (TPSA) is 73.7 Å². The normalized spacial score (nSPS) is 15.3. The van der Waals surface area contributed by atoms with Crippen molar-refractivity contribution >= 4 is 16.7 Å². The predicted octanol–water partition coefficient (Wildman–Crippen LogP) is 4.22. The zero-order valence-corrected chi connectivity index (χ0v) is 19.6. The average Bonchev–Trinajstić information content (AvgIpc) is 3.42. The quantitative estimate of drug-likeness (QED) is 0.405. The molecule has 5 rings (SSSR count). The van der Waals surface area contributed by atoms with Crippen LogP contribution in [0, 0.1) is 0 Å². The molecule has 1 aliphatic heterocycles. The maximum absolute atomic E-state index is 14.1. The van der Waals surface area contributed by atoms with Gasteiger partial charge in [-0.2, -0.15) is 9.78 Å². The Morgan fingerprint density at radius 1 is 1.06 bits per heavy atom. The summed E-state index contributed by atoms with van der Waals surface area (Å²) in [6.07, 6.45) is 1.85. The second-order valence-electron chi connectivity index (χ2n) is 8.62. The minimum absolute atomic E-state index is 0.0316. The number of hydrogen-bond donors (Lipinski definition) is 0. The van der Waals surface area contributed by atoms with E-state index in [9.17, 15) is 9.59 Å². The van der Waals surface area contributed by atoms with Gasteiger partial charge in [0.25, 0.3) is 11.5 Å². The van der Waals surface area contributed by atoms with Crippen LogP contribution in [0.15, 0.2) is 83.7 Å². The van der Waals surface area contributed by atoms with Crippen LogP contribution in [-0.4, -0.2) is 47.0 Å². The van der Waals surface area contributed by atoms with Gasteiger partial charge in [0.15, 0.2) is 5.69 Å². The van der Waals surface area contributed by atoms with Gasteiger partial charge < -0.3 is 14.4 Å². The Morgan fingerprint density at radius 3 is 2.57 bits per heavy atom. The monoisotopic (exact) mass is 469 g/mol. The highest BCUT2D eigenvalue weighted by molar-refractivity contribution is 6.04. The average molecular weight is 470 g/mol. The Labute approximate surface area is 203 Å². The molecule has 1 saturated heterocycles. The largest absolute Gasteiger partial charge is 0.497 e. The van der Waals surface area contributed by atoms with Gasteiger partial charge in [0.2, 0.25) is 0 Å². The first-order valence-corrected chi connectivity index (χ1v) is 11.8. The highest BCUT2D eigenvalue weighted by Gasteiger charge is 2.27. The van der Waals surface area contributed by atoms with Crippen LogP contribution < -0.4 is 10.3 Å². The van der Waals surface area contributed by atoms with Crippen molar-refractivity contribution in [2.75, 3.05) is 20.3 Å². The second kappa shape index (κ2) is 10.1. The summed E-state index contributed by atoms with van der Waals surface area (Å²) in [5.74, 6) is 0.484. The fourth-order valence-corrected chi connectivity index (χ4v) is 4.49. The zero-order chi connectivity index (χ0) is 24.2. The molecule has 1 unspecified atom stereocenters. The number of methoxy groups -OCH3 is 1. The van der Waals surface area contributed by atoms with Gasteiger partial charge in [0, 0.05) is 25.1 Å². The minimum atomic E-state index is -0.262. The van der Waals surface area contributed by atoms with Crippen LogP contribution in [0.4, 0.5) is 0 Å². The van der Waals surface area contributed by atoms with E-state index in [4.69, 9.17) is 9.47 Å². The number of nitrogens with zero attached hydrogens (tertiary/aromatic N) is 3. The third kappa shape index (κ3) is 4.81. The Balaban J connectivity index is 1.60. The summed E-state index contributed by atoms with van der Waals surface area (Å²) >= 11 is 0. The van der Waals surface area contributed by atoms with E-state index in [0.717, 1.165) is 24.2 Å². The van der Waals surface area contributed by atoms with E-state index >= 15 is 0 Å². The van der Waals surface area contributed by atoms with Crippen molar-refractivity contribution < 1.29 is 14.3 Å². The number of fused-ring (bicyclic) bond motifs is 1. The molecule has 35 heavy (non-hydrogen) atoms. The van der Waals surface area contributed by atoms with Crippen LogP contribution in [0.3, 0.4) is 0 Å². The van der Waals surface area contributed by atoms with Crippen LogP contribution in [0.1, 0.15) is 28.9 Å². The molecule has 0 spiro atoms. The van der Waals surface area contributed by atoms with Crippen LogP contribution in [0.2, 0.25) is 0 Å². The molecule has 7 nitrogen and oxygen atoms in total. The second-order valence-corrected chi connectivity index (χ2v) is 8.62. The van der Waals surface area contributed by atoms with Crippen molar-refractivity contribution in [3.63, 3.8) is 0 Å². The van der Waals surface area contributed by atoms with Crippen molar-refractivity contribution in [2.24, 2.45) is 0 Å². The maximum atomic E-state index is 14.1. The fourth-order valence-electron chi connectivity index (χ4n) is 4.49. The lowest BCUT2D eigenvalue weighted by molar-refractivity contribution is 0.0503. The molecule has 7 heteroatoms. The van der Waals surface area contributed by atoms with Crippen molar-refractivity contribution in [3.8, 4) is 11.4 Å². The molecule has 178 valence electrons. The van der Waals surface area contributed by atoms with E-state index < -0.39 is 0 Å². The van der Waals surface area contributed by atoms with Crippen LogP contribution in [-0.2, 0) is 11.3 Å². The lowest BCUT2D eigenvalue weighted by Gasteiger charge is -2.26. The summed E-state index contributed by atoms with van der Waals surface area (Å²) in [4.78, 5) is 29.1. The van der Waals surface area contributed by atoms with Gasteiger partial charge >= 0.3 is 0 Å². The first kappa shape index (κ1) is 22.8. The highest BCUT2D eigenvalue weighted by Crippen LogP contribution is 2.22. The molecule has 1 aliphatic rings. The zero-order valence-electron chi connectivity index (χ0n) is 19.6. The third-order valence-electron chi connectivity index (χ3n) is 6.25. The molecule has 1 amide bonds.